The lowest BCUT2D eigenvalue weighted by atomic mass is 10.1. The van der Waals surface area contributed by atoms with Gasteiger partial charge in [0.1, 0.15) is 6.29 Å². The Morgan fingerprint density at radius 3 is 2.76 bits per heavy atom. The number of carbonyl (C=O) groups is 2. The predicted molar refractivity (Wildman–Crippen MR) is 67.4 cm³/mol. The summed E-state index contributed by atoms with van der Waals surface area (Å²) in [6.45, 7) is 8.20. The van der Waals surface area contributed by atoms with E-state index in [-0.39, 0.29) is 11.7 Å². The first-order valence-corrected chi connectivity index (χ1v) is 6.28. The molecule has 4 nitrogen and oxygen atoms in total. The summed E-state index contributed by atoms with van der Waals surface area (Å²) < 4.78 is 0. The fourth-order valence-corrected chi connectivity index (χ4v) is 1.82. The van der Waals surface area contributed by atoms with Crippen molar-refractivity contribution >= 4 is 12.1 Å². The summed E-state index contributed by atoms with van der Waals surface area (Å²) in [6, 6.07) is 0. The van der Waals surface area contributed by atoms with Crippen molar-refractivity contribution in [1.82, 2.24) is 10.2 Å². The zero-order valence-electron chi connectivity index (χ0n) is 11.0. The number of rotatable bonds is 8. The number of aldehydes is 1. The molecule has 0 amide bonds. The van der Waals surface area contributed by atoms with Crippen molar-refractivity contribution in [1.29, 1.82) is 0 Å². The molecule has 1 N–H and O–H groups in total. The Bertz CT molecular complexity index is 323. The van der Waals surface area contributed by atoms with Crippen LogP contribution in [-0.2, 0) is 9.59 Å². The van der Waals surface area contributed by atoms with Crippen molar-refractivity contribution in [2.75, 3.05) is 19.6 Å². The Morgan fingerprint density at radius 2 is 2.29 bits per heavy atom. The molecule has 0 aliphatic carbocycles. The molecule has 1 rings (SSSR count). The van der Waals surface area contributed by atoms with Gasteiger partial charge in [-0.05, 0) is 19.8 Å². The third kappa shape index (κ3) is 4.21. The summed E-state index contributed by atoms with van der Waals surface area (Å²) in [4.78, 5) is 24.1. The first kappa shape index (κ1) is 13.7. The second-order valence-electron chi connectivity index (χ2n) is 4.57. The van der Waals surface area contributed by atoms with Crippen LogP contribution < -0.4 is 5.32 Å². The number of allylic oxidation sites excluding steroid dienone is 1. The van der Waals surface area contributed by atoms with Gasteiger partial charge in [0.15, 0.2) is 5.78 Å². The van der Waals surface area contributed by atoms with Gasteiger partial charge in [-0.1, -0.05) is 6.92 Å². The molecule has 1 saturated heterocycles. The fourth-order valence-electron chi connectivity index (χ4n) is 1.82. The van der Waals surface area contributed by atoms with Gasteiger partial charge in [0, 0.05) is 25.9 Å². The molecule has 0 aromatic heterocycles. The molecular weight excluding hydrogens is 216 g/mol. The van der Waals surface area contributed by atoms with Gasteiger partial charge < -0.3 is 15.0 Å². The predicted octanol–water partition coefficient (Wildman–Crippen LogP) is 1.33. The summed E-state index contributed by atoms with van der Waals surface area (Å²) >= 11 is 0. The van der Waals surface area contributed by atoms with Gasteiger partial charge in [0.2, 0.25) is 0 Å². The second kappa shape index (κ2) is 6.42. The van der Waals surface area contributed by atoms with Crippen LogP contribution in [0.5, 0.6) is 0 Å². The van der Waals surface area contributed by atoms with Crippen LogP contribution in [0.2, 0.25) is 0 Å². The highest BCUT2D eigenvalue weighted by molar-refractivity contribution is 5.94. The van der Waals surface area contributed by atoms with Crippen LogP contribution in [0.4, 0.5) is 0 Å². The number of Topliss-reactive ketones (excluding diaryl/α,β-unsaturated/α-hetero) is 1. The fraction of sp³-hybridized carbons (Fsp3) is 0.692. The van der Waals surface area contributed by atoms with E-state index in [9.17, 15) is 9.59 Å². The lowest BCUT2D eigenvalue weighted by molar-refractivity contribution is -0.114. The van der Waals surface area contributed by atoms with E-state index < -0.39 is 0 Å². The third-order valence-corrected chi connectivity index (χ3v) is 3.01. The Hall–Kier alpha value is -1.32. The number of ketones is 1. The van der Waals surface area contributed by atoms with Crippen molar-refractivity contribution < 1.29 is 9.59 Å². The van der Waals surface area contributed by atoms with Crippen molar-refractivity contribution in [2.24, 2.45) is 5.92 Å². The molecule has 1 unspecified atom stereocenters. The van der Waals surface area contributed by atoms with Crippen molar-refractivity contribution in [2.45, 2.75) is 33.6 Å². The number of hydrogen-bond acceptors (Lipinski definition) is 4. The average Bonchev–Trinajstić information content (AvgIpc) is 3.07. The Balaban J connectivity index is 2.35. The summed E-state index contributed by atoms with van der Waals surface area (Å²) in [5.74, 6) is 0.206. The molecular formula is C13H22N2O2. The Morgan fingerprint density at radius 1 is 1.59 bits per heavy atom. The summed E-state index contributed by atoms with van der Waals surface area (Å²) in [6.07, 6.45) is 2.76. The maximum absolute atomic E-state index is 11.5. The van der Waals surface area contributed by atoms with Gasteiger partial charge in [-0.3, -0.25) is 4.79 Å². The third-order valence-electron chi connectivity index (χ3n) is 3.01. The topological polar surface area (TPSA) is 49.2 Å². The SMILES string of the molecule is CCN1C/C1=C(/NCCCC(C)C=O)C(C)=O. The highest BCUT2D eigenvalue weighted by Crippen LogP contribution is 2.24. The molecule has 1 aliphatic rings. The normalized spacial score (nSPS) is 18.6. The van der Waals surface area contributed by atoms with E-state index in [0.29, 0.717) is 0 Å². The van der Waals surface area contributed by atoms with Crippen LogP contribution in [0, 0.1) is 5.92 Å². The number of nitrogens with zero attached hydrogens (tertiary/aromatic N) is 1. The molecule has 17 heavy (non-hydrogen) atoms. The largest absolute Gasteiger partial charge is 0.381 e. The molecule has 96 valence electrons. The van der Waals surface area contributed by atoms with Gasteiger partial charge in [-0.15, -0.1) is 0 Å². The molecule has 1 aliphatic heterocycles. The van der Waals surface area contributed by atoms with Crippen LogP contribution in [-0.4, -0.2) is 36.6 Å². The molecule has 0 radical (unpaired) electrons. The van der Waals surface area contributed by atoms with E-state index in [4.69, 9.17) is 0 Å². The smallest absolute Gasteiger partial charge is 0.177 e. The lowest BCUT2D eigenvalue weighted by Gasteiger charge is -2.08. The summed E-state index contributed by atoms with van der Waals surface area (Å²) in [5, 5.41) is 3.20. The molecule has 4 heteroatoms. The second-order valence-corrected chi connectivity index (χ2v) is 4.57. The van der Waals surface area contributed by atoms with Crippen molar-refractivity contribution in [3.63, 3.8) is 0 Å². The number of nitrogens with one attached hydrogen (secondary N) is 1. The minimum Gasteiger partial charge on any atom is -0.381 e. The number of likely N-dealkylation sites (N-methyl/N-ethyl adjacent to an activating group) is 1. The molecule has 0 spiro atoms. The Labute approximate surface area is 103 Å². The molecule has 0 saturated carbocycles. The molecule has 0 bridgehead atoms. The van der Waals surface area contributed by atoms with Crippen LogP contribution in [0.3, 0.4) is 0 Å². The molecule has 1 heterocycles. The summed E-state index contributed by atoms with van der Waals surface area (Å²) in [7, 11) is 0. The van der Waals surface area contributed by atoms with Gasteiger partial charge in [-0.2, -0.15) is 0 Å². The number of hydrogen-bond donors (Lipinski definition) is 1. The zero-order valence-corrected chi connectivity index (χ0v) is 11.0. The monoisotopic (exact) mass is 238 g/mol. The van der Waals surface area contributed by atoms with Crippen LogP contribution in [0.25, 0.3) is 0 Å². The molecule has 0 aromatic rings. The van der Waals surface area contributed by atoms with E-state index in [2.05, 4.69) is 17.1 Å². The minimum absolute atomic E-state index is 0.0967. The van der Waals surface area contributed by atoms with Gasteiger partial charge in [0.05, 0.1) is 17.9 Å². The minimum atomic E-state index is 0.0967. The first-order chi connectivity index (χ1) is 8.10. The van der Waals surface area contributed by atoms with Crippen molar-refractivity contribution in [3.8, 4) is 0 Å². The van der Waals surface area contributed by atoms with E-state index >= 15 is 0 Å². The molecule has 1 fully saturated rings. The van der Waals surface area contributed by atoms with Crippen LogP contribution >= 0.6 is 0 Å². The summed E-state index contributed by atoms with van der Waals surface area (Å²) in [5.41, 5.74) is 1.88. The number of carbonyl (C=O) groups excluding carboxylic acids is 2. The van der Waals surface area contributed by atoms with E-state index in [0.717, 1.165) is 50.2 Å². The standard InChI is InChI=1S/C13H22N2O2/c1-4-15-8-12(15)13(11(3)17)14-7-5-6-10(2)9-16/h9-10,14H,4-8H2,1-3H3/b13-12-. The van der Waals surface area contributed by atoms with Crippen LogP contribution in [0.15, 0.2) is 11.4 Å². The van der Waals surface area contributed by atoms with Gasteiger partial charge in [0.25, 0.3) is 0 Å². The zero-order chi connectivity index (χ0) is 12.8. The first-order valence-electron chi connectivity index (χ1n) is 6.28. The van der Waals surface area contributed by atoms with Crippen molar-refractivity contribution in [3.05, 3.63) is 11.4 Å². The lowest BCUT2D eigenvalue weighted by Crippen LogP contribution is -2.21. The molecule has 1 atom stereocenters. The van der Waals surface area contributed by atoms with E-state index in [1.54, 1.807) is 6.92 Å². The average molecular weight is 238 g/mol. The highest BCUT2D eigenvalue weighted by Gasteiger charge is 2.29. The molecule has 0 aromatic carbocycles. The van der Waals surface area contributed by atoms with Gasteiger partial charge >= 0.3 is 0 Å². The highest BCUT2D eigenvalue weighted by atomic mass is 16.1. The Kier molecular flexibility index (Phi) is 5.19. The van der Waals surface area contributed by atoms with Gasteiger partial charge in [-0.25, -0.2) is 0 Å². The maximum atomic E-state index is 11.5. The van der Waals surface area contributed by atoms with E-state index in [1.165, 1.54) is 0 Å². The van der Waals surface area contributed by atoms with Crippen LogP contribution in [0.1, 0.15) is 33.6 Å². The quantitative estimate of drug-likeness (QED) is 0.300. The van der Waals surface area contributed by atoms with E-state index in [1.807, 2.05) is 6.92 Å². The maximum Gasteiger partial charge on any atom is 0.177 e.